The average molecular weight is 359 g/mol. The highest BCUT2D eigenvalue weighted by Gasteiger charge is 2.37. The lowest BCUT2D eigenvalue weighted by atomic mass is 10.2. The van der Waals surface area contributed by atoms with Crippen LogP contribution in [0.5, 0.6) is 0 Å². The Kier molecular flexibility index (Phi) is 7.32. The van der Waals surface area contributed by atoms with Gasteiger partial charge in [-0.3, -0.25) is 0 Å². The smallest absolute Gasteiger partial charge is 0.407 e. The summed E-state index contributed by atoms with van der Waals surface area (Å²) in [5.41, 5.74) is -0.443. The molecule has 0 heterocycles. The summed E-state index contributed by atoms with van der Waals surface area (Å²) in [4.78, 5) is 11.8. The van der Waals surface area contributed by atoms with E-state index in [0.717, 1.165) is 32.4 Å². The summed E-state index contributed by atoms with van der Waals surface area (Å²) in [6.07, 6.45) is 2.73. The third kappa shape index (κ3) is 7.53. The van der Waals surface area contributed by atoms with Crippen molar-refractivity contribution in [2.75, 3.05) is 13.2 Å². The molecule has 0 spiro atoms. The summed E-state index contributed by atoms with van der Waals surface area (Å²) in [6.45, 7) is 18.6. The number of ether oxygens (including phenoxy) is 1. The predicted octanol–water partition coefficient (Wildman–Crippen LogP) is 4.04. The van der Waals surface area contributed by atoms with E-state index in [1.165, 1.54) is 0 Å². The van der Waals surface area contributed by atoms with Gasteiger partial charge in [-0.05, 0) is 58.2 Å². The summed E-state index contributed by atoms with van der Waals surface area (Å²) < 4.78 is 11.5. The first kappa shape index (κ1) is 21.4. The number of carbonyl (C=O) groups is 1. The van der Waals surface area contributed by atoms with E-state index < -0.39 is 13.9 Å². The molecule has 0 aliphatic heterocycles. The summed E-state index contributed by atoms with van der Waals surface area (Å²) >= 11 is 0. The maximum absolute atomic E-state index is 11.8. The number of alkyl carbamates (subject to hydrolysis) is 1. The van der Waals surface area contributed by atoms with Crippen molar-refractivity contribution in [2.24, 2.45) is 0 Å². The zero-order valence-corrected chi connectivity index (χ0v) is 17.9. The van der Waals surface area contributed by atoms with E-state index in [-0.39, 0.29) is 17.2 Å². The van der Waals surface area contributed by atoms with Gasteiger partial charge in [0, 0.05) is 25.2 Å². The Labute approximate surface area is 149 Å². The number of hydrogen-bond donors (Lipinski definition) is 2. The predicted molar refractivity (Wildman–Crippen MR) is 102 cm³/mol. The van der Waals surface area contributed by atoms with Gasteiger partial charge in [0.15, 0.2) is 8.32 Å². The fourth-order valence-electron chi connectivity index (χ4n) is 2.56. The average Bonchev–Trinajstić information content (AvgIpc) is 2.78. The SMILES string of the molecule is CC(C)(C)OC(=O)N[C@H]1CC[C@@H](NCCO[Si](C)(C)C(C)(C)C)C1. The van der Waals surface area contributed by atoms with Crippen molar-refractivity contribution in [3.05, 3.63) is 0 Å². The molecule has 1 rings (SSSR count). The molecule has 0 unspecified atom stereocenters. The van der Waals surface area contributed by atoms with Crippen LogP contribution >= 0.6 is 0 Å². The third-order valence-electron chi connectivity index (χ3n) is 4.96. The Bertz CT molecular complexity index is 413. The lowest BCUT2D eigenvalue weighted by Gasteiger charge is -2.36. The number of hydrogen-bond acceptors (Lipinski definition) is 4. The summed E-state index contributed by atoms with van der Waals surface area (Å²) in [6, 6.07) is 0.659. The quantitative estimate of drug-likeness (QED) is 0.555. The van der Waals surface area contributed by atoms with Crippen molar-refractivity contribution in [2.45, 2.75) is 96.6 Å². The maximum atomic E-state index is 11.8. The Morgan fingerprint density at radius 2 is 1.67 bits per heavy atom. The Hall–Kier alpha value is -0.593. The summed E-state index contributed by atoms with van der Waals surface area (Å²) in [5.74, 6) is 0. The van der Waals surface area contributed by atoms with Crippen LogP contribution in [-0.4, -0.2) is 45.2 Å². The molecule has 0 bridgehead atoms. The third-order valence-corrected chi connectivity index (χ3v) is 9.50. The first-order chi connectivity index (χ1) is 10.8. The van der Waals surface area contributed by atoms with Crippen LogP contribution in [0.1, 0.15) is 60.8 Å². The zero-order chi connectivity index (χ0) is 18.6. The fourth-order valence-corrected chi connectivity index (χ4v) is 3.60. The second-order valence-corrected chi connectivity index (χ2v) is 14.2. The normalized spacial score (nSPS) is 22.5. The highest BCUT2D eigenvalue weighted by Crippen LogP contribution is 2.36. The van der Waals surface area contributed by atoms with Gasteiger partial charge in [-0.2, -0.15) is 0 Å². The molecule has 1 aliphatic carbocycles. The first-order valence-corrected chi connectivity index (χ1v) is 12.1. The molecule has 0 aromatic carbocycles. The Morgan fingerprint density at radius 1 is 1.08 bits per heavy atom. The molecule has 2 atom stereocenters. The van der Waals surface area contributed by atoms with Crippen LogP contribution in [0.3, 0.4) is 0 Å². The van der Waals surface area contributed by atoms with Gasteiger partial charge in [0.2, 0.25) is 0 Å². The van der Waals surface area contributed by atoms with Gasteiger partial charge < -0.3 is 19.8 Å². The molecule has 5 nitrogen and oxygen atoms in total. The molecule has 2 N–H and O–H groups in total. The van der Waals surface area contributed by atoms with Gasteiger partial charge in [-0.1, -0.05) is 20.8 Å². The monoisotopic (exact) mass is 358 g/mol. The van der Waals surface area contributed by atoms with Gasteiger partial charge in [0.1, 0.15) is 5.60 Å². The molecule has 24 heavy (non-hydrogen) atoms. The molecular weight excluding hydrogens is 320 g/mol. The Morgan fingerprint density at radius 3 is 2.21 bits per heavy atom. The van der Waals surface area contributed by atoms with Crippen LogP contribution in [0.4, 0.5) is 4.79 Å². The van der Waals surface area contributed by atoms with Crippen molar-refractivity contribution in [1.29, 1.82) is 0 Å². The number of amides is 1. The van der Waals surface area contributed by atoms with Crippen molar-refractivity contribution in [3.63, 3.8) is 0 Å². The topological polar surface area (TPSA) is 59.6 Å². The van der Waals surface area contributed by atoms with Crippen molar-refractivity contribution in [3.8, 4) is 0 Å². The second-order valence-electron chi connectivity index (χ2n) is 9.42. The van der Waals surface area contributed by atoms with E-state index in [9.17, 15) is 4.79 Å². The van der Waals surface area contributed by atoms with E-state index >= 15 is 0 Å². The van der Waals surface area contributed by atoms with E-state index in [1.807, 2.05) is 20.8 Å². The summed E-state index contributed by atoms with van der Waals surface area (Å²) in [7, 11) is -1.65. The van der Waals surface area contributed by atoms with Gasteiger partial charge in [-0.15, -0.1) is 0 Å². The van der Waals surface area contributed by atoms with Gasteiger partial charge >= 0.3 is 6.09 Å². The largest absolute Gasteiger partial charge is 0.444 e. The van der Waals surface area contributed by atoms with Crippen molar-refractivity contribution in [1.82, 2.24) is 10.6 Å². The maximum Gasteiger partial charge on any atom is 0.407 e. The summed E-state index contributed by atoms with van der Waals surface area (Å²) in [5, 5.41) is 6.79. The first-order valence-electron chi connectivity index (χ1n) is 9.17. The van der Waals surface area contributed by atoms with Crippen molar-refractivity contribution >= 4 is 14.4 Å². The molecule has 1 fully saturated rings. The van der Waals surface area contributed by atoms with E-state index in [4.69, 9.17) is 9.16 Å². The minimum Gasteiger partial charge on any atom is -0.444 e. The van der Waals surface area contributed by atoms with Crippen molar-refractivity contribution < 1.29 is 14.0 Å². The molecule has 1 aliphatic rings. The zero-order valence-electron chi connectivity index (χ0n) is 16.9. The number of nitrogens with one attached hydrogen (secondary N) is 2. The minimum absolute atomic E-state index is 0.207. The fraction of sp³-hybridized carbons (Fsp3) is 0.944. The highest BCUT2D eigenvalue weighted by atomic mass is 28.4. The van der Waals surface area contributed by atoms with Gasteiger partial charge in [0.05, 0.1) is 0 Å². The molecule has 6 heteroatoms. The van der Waals surface area contributed by atoms with Crippen LogP contribution in [0, 0.1) is 0 Å². The molecule has 142 valence electrons. The van der Waals surface area contributed by atoms with Crippen LogP contribution in [0.15, 0.2) is 0 Å². The second kappa shape index (κ2) is 8.19. The van der Waals surface area contributed by atoms with Gasteiger partial charge in [0.25, 0.3) is 0 Å². The van der Waals surface area contributed by atoms with Crippen LogP contribution in [0.2, 0.25) is 18.1 Å². The molecule has 0 radical (unpaired) electrons. The molecule has 0 saturated heterocycles. The standard InChI is InChI=1S/C18H38N2O3Si/c1-17(2,3)23-16(21)20-15-10-9-14(13-15)19-11-12-22-24(7,8)18(4,5)6/h14-15,19H,9-13H2,1-8H3,(H,20,21)/t14-,15+/m1/s1. The molecule has 0 aromatic heterocycles. The van der Waals surface area contributed by atoms with E-state index in [1.54, 1.807) is 0 Å². The minimum atomic E-state index is -1.65. The highest BCUT2D eigenvalue weighted by molar-refractivity contribution is 6.74. The van der Waals surface area contributed by atoms with Crippen LogP contribution in [0.25, 0.3) is 0 Å². The molecule has 0 aromatic rings. The Balaban J connectivity index is 2.23. The van der Waals surface area contributed by atoms with Gasteiger partial charge in [-0.25, -0.2) is 4.79 Å². The van der Waals surface area contributed by atoms with Crippen LogP contribution < -0.4 is 10.6 Å². The van der Waals surface area contributed by atoms with E-state index in [0.29, 0.717) is 6.04 Å². The number of carbonyl (C=O) groups excluding carboxylic acids is 1. The lowest BCUT2D eigenvalue weighted by molar-refractivity contribution is 0.0505. The number of rotatable bonds is 6. The van der Waals surface area contributed by atoms with E-state index in [2.05, 4.69) is 44.5 Å². The molecule has 1 saturated carbocycles. The molecular formula is C18H38N2O3Si. The lowest BCUT2D eigenvalue weighted by Crippen LogP contribution is -2.43. The van der Waals surface area contributed by atoms with Crippen LogP contribution in [-0.2, 0) is 9.16 Å². The molecule has 1 amide bonds.